The maximum atomic E-state index is 11.6. The molecule has 0 N–H and O–H groups in total. The highest BCUT2D eigenvalue weighted by Gasteiger charge is 2.14. The number of hydrogen-bond acceptors (Lipinski definition) is 4. The second kappa shape index (κ2) is 3.43. The Morgan fingerprint density at radius 3 is 2.87 bits per heavy atom. The Bertz CT molecular complexity index is 608. The van der Waals surface area contributed by atoms with Crippen molar-refractivity contribution >= 4 is 27.3 Å². The molecule has 0 atom stereocenters. The average molecular weight is 270 g/mol. The van der Waals surface area contributed by atoms with Crippen LogP contribution in [0.2, 0.25) is 0 Å². The minimum atomic E-state index is -0.747. The number of nitro groups is 1. The van der Waals surface area contributed by atoms with Crippen LogP contribution in [0.4, 0.5) is 5.69 Å². The average Bonchev–Trinajstić information content (AvgIpc) is 2.19. The van der Waals surface area contributed by atoms with Gasteiger partial charge in [0.25, 0.3) is 0 Å². The zero-order valence-electron chi connectivity index (χ0n) is 7.25. The SMILES string of the molecule is O=c1c([N+](=O)[O-])cnc2ccc(Br)cn12. The summed E-state index contributed by atoms with van der Waals surface area (Å²) in [6.07, 6.45) is 2.41. The van der Waals surface area contributed by atoms with Crippen molar-refractivity contribution in [2.24, 2.45) is 0 Å². The molecule has 2 rings (SSSR count). The van der Waals surface area contributed by atoms with E-state index in [1.165, 1.54) is 6.20 Å². The number of halogens is 1. The van der Waals surface area contributed by atoms with Gasteiger partial charge in [0, 0.05) is 10.7 Å². The molecule has 2 aromatic rings. The van der Waals surface area contributed by atoms with E-state index in [0.717, 1.165) is 10.6 Å². The van der Waals surface area contributed by atoms with E-state index in [-0.39, 0.29) is 0 Å². The monoisotopic (exact) mass is 269 g/mol. The molecule has 0 aliphatic heterocycles. The lowest BCUT2D eigenvalue weighted by atomic mass is 10.4. The lowest BCUT2D eigenvalue weighted by Gasteiger charge is -1.99. The van der Waals surface area contributed by atoms with Gasteiger partial charge in [0.1, 0.15) is 11.8 Å². The lowest BCUT2D eigenvalue weighted by Crippen LogP contribution is -2.17. The zero-order chi connectivity index (χ0) is 11.0. The first-order valence-electron chi connectivity index (χ1n) is 3.91. The third-order valence-corrected chi connectivity index (χ3v) is 2.31. The molecule has 0 bridgehead atoms. The number of fused-ring (bicyclic) bond motifs is 1. The third kappa shape index (κ3) is 1.61. The van der Waals surface area contributed by atoms with Gasteiger partial charge in [0.05, 0.1) is 4.92 Å². The summed E-state index contributed by atoms with van der Waals surface area (Å²) in [5, 5.41) is 10.5. The van der Waals surface area contributed by atoms with Crippen LogP contribution in [-0.2, 0) is 0 Å². The van der Waals surface area contributed by atoms with Crippen LogP contribution in [0, 0.1) is 10.1 Å². The summed E-state index contributed by atoms with van der Waals surface area (Å²) in [5.74, 6) is 0. The van der Waals surface area contributed by atoms with E-state index < -0.39 is 16.2 Å². The van der Waals surface area contributed by atoms with Crippen LogP contribution < -0.4 is 5.56 Å². The maximum Gasteiger partial charge on any atom is 0.352 e. The summed E-state index contributed by atoms with van der Waals surface area (Å²) < 4.78 is 1.78. The van der Waals surface area contributed by atoms with Crippen LogP contribution in [0.3, 0.4) is 0 Å². The predicted molar refractivity (Wildman–Crippen MR) is 55.8 cm³/mol. The molecule has 0 saturated heterocycles. The minimum Gasteiger partial charge on any atom is -0.261 e. The van der Waals surface area contributed by atoms with Gasteiger partial charge in [-0.2, -0.15) is 0 Å². The fourth-order valence-corrected chi connectivity index (χ4v) is 1.50. The molecule has 0 unspecified atom stereocenters. The molecule has 0 aliphatic rings. The van der Waals surface area contributed by atoms with Crippen molar-refractivity contribution in [3.8, 4) is 0 Å². The van der Waals surface area contributed by atoms with Gasteiger partial charge in [-0.15, -0.1) is 0 Å². The number of nitrogens with zero attached hydrogens (tertiary/aromatic N) is 3. The van der Waals surface area contributed by atoms with Gasteiger partial charge in [0.15, 0.2) is 0 Å². The first kappa shape index (κ1) is 9.78. The molecule has 0 aromatic carbocycles. The molecule has 0 saturated carbocycles. The summed E-state index contributed by atoms with van der Waals surface area (Å²) in [4.78, 5) is 25.1. The van der Waals surface area contributed by atoms with Crippen molar-refractivity contribution in [1.29, 1.82) is 0 Å². The third-order valence-electron chi connectivity index (χ3n) is 1.84. The second-order valence-corrected chi connectivity index (χ2v) is 3.70. The molecule has 0 fully saturated rings. The lowest BCUT2D eigenvalue weighted by molar-refractivity contribution is -0.386. The van der Waals surface area contributed by atoms with Crippen LogP contribution in [0.25, 0.3) is 5.65 Å². The normalized spacial score (nSPS) is 10.5. The Hall–Kier alpha value is -1.76. The van der Waals surface area contributed by atoms with Crippen LogP contribution in [0.5, 0.6) is 0 Å². The van der Waals surface area contributed by atoms with E-state index in [1.807, 2.05) is 0 Å². The standard InChI is InChI=1S/C8H4BrN3O3/c9-5-1-2-7-10-3-6(12(14)15)8(13)11(7)4-5/h1-4H. The molecule has 6 nitrogen and oxygen atoms in total. The van der Waals surface area contributed by atoms with E-state index in [1.54, 1.807) is 12.1 Å². The van der Waals surface area contributed by atoms with Crippen molar-refractivity contribution in [2.45, 2.75) is 0 Å². The van der Waals surface area contributed by atoms with Crippen molar-refractivity contribution in [3.63, 3.8) is 0 Å². The van der Waals surface area contributed by atoms with Crippen LogP contribution in [0.1, 0.15) is 0 Å². The zero-order valence-corrected chi connectivity index (χ0v) is 8.84. The Balaban J connectivity index is 2.89. The smallest absolute Gasteiger partial charge is 0.261 e. The van der Waals surface area contributed by atoms with Gasteiger partial charge in [-0.05, 0) is 28.1 Å². The summed E-state index contributed by atoms with van der Waals surface area (Å²) >= 11 is 3.17. The van der Waals surface area contributed by atoms with Gasteiger partial charge in [-0.3, -0.25) is 19.3 Å². The van der Waals surface area contributed by atoms with Gasteiger partial charge >= 0.3 is 11.2 Å². The topological polar surface area (TPSA) is 77.5 Å². The van der Waals surface area contributed by atoms with Gasteiger partial charge in [0.2, 0.25) is 0 Å². The van der Waals surface area contributed by atoms with Crippen LogP contribution >= 0.6 is 15.9 Å². The first-order chi connectivity index (χ1) is 7.09. The number of pyridine rings is 1. The molecule has 0 amide bonds. The summed E-state index contributed by atoms with van der Waals surface area (Å²) in [5.41, 5.74) is -0.856. The van der Waals surface area contributed by atoms with Gasteiger partial charge in [-0.25, -0.2) is 4.98 Å². The molecule has 2 aromatic heterocycles. The van der Waals surface area contributed by atoms with Crippen molar-refractivity contribution in [2.75, 3.05) is 0 Å². The van der Waals surface area contributed by atoms with E-state index in [2.05, 4.69) is 20.9 Å². The first-order valence-corrected chi connectivity index (χ1v) is 4.70. The fourth-order valence-electron chi connectivity index (χ4n) is 1.17. The van der Waals surface area contributed by atoms with Crippen molar-refractivity contribution in [1.82, 2.24) is 9.38 Å². The summed E-state index contributed by atoms with van der Waals surface area (Å²) in [7, 11) is 0. The molecule has 7 heteroatoms. The number of rotatable bonds is 1. The molecule has 0 spiro atoms. The van der Waals surface area contributed by atoms with E-state index in [9.17, 15) is 14.9 Å². The predicted octanol–water partition coefficient (Wildman–Crippen LogP) is 1.37. The fraction of sp³-hybridized carbons (Fsp3) is 0. The van der Waals surface area contributed by atoms with Crippen molar-refractivity contribution in [3.05, 3.63) is 49.5 Å². The van der Waals surface area contributed by atoms with E-state index in [4.69, 9.17) is 0 Å². The summed E-state index contributed by atoms with van der Waals surface area (Å²) in [6, 6.07) is 3.29. The van der Waals surface area contributed by atoms with Crippen LogP contribution in [-0.4, -0.2) is 14.3 Å². The maximum absolute atomic E-state index is 11.6. The van der Waals surface area contributed by atoms with E-state index >= 15 is 0 Å². The number of aromatic nitrogens is 2. The van der Waals surface area contributed by atoms with Crippen molar-refractivity contribution < 1.29 is 4.92 Å². The Labute approximate surface area is 91.5 Å². The molecule has 2 heterocycles. The Morgan fingerprint density at radius 2 is 2.20 bits per heavy atom. The molecule has 0 radical (unpaired) electrons. The highest BCUT2D eigenvalue weighted by Crippen LogP contribution is 2.10. The molecule has 76 valence electrons. The van der Waals surface area contributed by atoms with E-state index in [0.29, 0.717) is 10.1 Å². The largest absolute Gasteiger partial charge is 0.352 e. The van der Waals surface area contributed by atoms with Gasteiger partial charge < -0.3 is 0 Å². The molecular weight excluding hydrogens is 266 g/mol. The highest BCUT2D eigenvalue weighted by atomic mass is 79.9. The Kier molecular flexibility index (Phi) is 2.24. The number of hydrogen-bond donors (Lipinski definition) is 0. The quantitative estimate of drug-likeness (QED) is 0.579. The minimum absolute atomic E-state index is 0.369. The highest BCUT2D eigenvalue weighted by molar-refractivity contribution is 9.10. The molecule has 15 heavy (non-hydrogen) atoms. The van der Waals surface area contributed by atoms with Gasteiger partial charge in [-0.1, -0.05) is 0 Å². The molecular formula is C8H4BrN3O3. The summed E-state index contributed by atoms with van der Waals surface area (Å²) in [6.45, 7) is 0. The molecule has 0 aliphatic carbocycles. The second-order valence-electron chi connectivity index (χ2n) is 2.78. The Morgan fingerprint density at radius 1 is 1.47 bits per heavy atom. The van der Waals surface area contributed by atoms with Crippen LogP contribution in [0.15, 0.2) is 33.8 Å².